The van der Waals surface area contributed by atoms with Crippen LogP contribution in [0.1, 0.15) is 21.6 Å². The second kappa shape index (κ2) is 7.14. The maximum atomic E-state index is 13.9. The number of halogens is 5. The molecule has 0 aliphatic carbocycles. The first-order valence-corrected chi connectivity index (χ1v) is 8.35. The number of rotatable bonds is 3. The lowest BCUT2D eigenvalue weighted by Crippen LogP contribution is -2.41. The number of pyridine rings is 1. The van der Waals surface area contributed by atoms with Crippen LogP contribution in [0.25, 0.3) is 5.57 Å². The summed E-state index contributed by atoms with van der Waals surface area (Å²) in [5.41, 5.74) is -2.26. The molecule has 0 fully saturated rings. The Morgan fingerprint density at radius 3 is 2.41 bits per heavy atom. The summed E-state index contributed by atoms with van der Waals surface area (Å²) in [6.07, 6.45) is -2.57. The highest BCUT2D eigenvalue weighted by Gasteiger charge is 2.58. The standard InChI is InChI=1S/C18H12Cl2F3NO3/c1-26-16(25)10-2-3-15(24-8-10)11-7-17(27-9-11,18(21,22)23)12-4-13(19)6-14(20)5-12/h2-8H,9H2,1H3. The third-order valence-electron chi connectivity index (χ3n) is 4.06. The van der Waals surface area contributed by atoms with E-state index in [0.717, 1.165) is 18.2 Å². The number of aromatic nitrogens is 1. The van der Waals surface area contributed by atoms with Gasteiger partial charge in [0, 0.05) is 21.8 Å². The van der Waals surface area contributed by atoms with Crippen LogP contribution in [0.15, 0.2) is 42.6 Å². The molecule has 9 heteroatoms. The van der Waals surface area contributed by atoms with Crippen LogP contribution in [-0.4, -0.2) is 30.8 Å². The van der Waals surface area contributed by atoms with E-state index in [-0.39, 0.29) is 39.0 Å². The molecule has 1 unspecified atom stereocenters. The van der Waals surface area contributed by atoms with Crippen molar-refractivity contribution in [2.24, 2.45) is 0 Å². The molecule has 1 aromatic heterocycles. The smallest absolute Gasteiger partial charge is 0.425 e. The zero-order valence-corrected chi connectivity index (χ0v) is 15.3. The van der Waals surface area contributed by atoms with Crippen LogP contribution in [0.2, 0.25) is 10.0 Å². The van der Waals surface area contributed by atoms with E-state index >= 15 is 0 Å². The summed E-state index contributed by atoms with van der Waals surface area (Å²) in [6.45, 7) is -0.325. The van der Waals surface area contributed by atoms with E-state index in [4.69, 9.17) is 27.9 Å². The maximum absolute atomic E-state index is 13.9. The first-order chi connectivity index (χ1) is 12.7. The van der Waals surface area contributed by atoms with Gasteiger partial charge in [-0.2, -0.15) is 13.2 Å². The molecule has 142 valence electrons. The zero-order chi connectivity index (χ0) is 19.8. The summed E-state index contributed by atoms with van der Waals surface area (Å²) in [6, 6.07) is 6.50. The molecule has 2 heterocycles. The molecule has 0 bridgehead atoms. The highest BCUT2D eigenvalue weighted by Crippen LogP contribution is 2.49. The molecule has 0 saturated heterocycles. The number of carbonyl (C=O) groups is 1. The summed E-state index contributed by atoms with van der Waals surface area (Å²) in [4.78, 5) is 15.5. The average Bonchev–Trinajstić information content (AvgIpc) is 3.07. The molecule has 0 N–H and O–H groups in total. The number of hydrogen-bond acceptors (Lipinski definition) is 4. The fourth-order valence-electron chi connectivity index (χ4n) is 2.75. The first-order valence-electron chi connectivity index (χ1n) is 7.60. The van der Waals surface area contributed by atoms with E-state index in [9.17, 15) is 18.0 Å². The number of methoxy groups -OCH3 is 1. The van der Waals surface area contributed by atoms with Crippen LogP contribution < -0.4 is 0 Å². The van der Waals surface area contributed by atoms with Crippen LogP contribution in [0.5, 0.6) is 0 Å². The first kappa shape index (κ1) is 19.7. The molecule has 1 aliphatic rings. The van der Waals surface area contributed by atoms with Crippen molar-refractivity contribution < 1.29 is 27.4 Å². The Kier molecular flexibility index (Phi) is 5.20. The molecule has 27 heavy (non-hydrogen) atoms. The maximum Gasteiger partial charge on any atom is 0.425 e. The van der Waals surface area contributed by atoms with E-state index in [2.05, 4.69) is 9.72 Å². The molecule has 3 rings (SSSR count). The van der Waals surface area contributed by atoms with Gasteiger partial charge in [-0.05, 0) is 42.0 Å². The van der Waals surface area contributed by atoms with Crippen molar-refractivity contribution >= 4 is 34.7 Å². The van der Waals surface area contributed by atoms with Crippen molar-refractivity contribution in [3.8, 4) is 0 Å². The lowest BCUT2D eigenvalue weighted by atomic mass is 9.91. The van der Waals surface area contributed by atoms with Crippen LogP contribution in [-0.2, 0) is 15.1 Å². The van der Waals surface area contributed by atoms with Gasteiger partial charge in [0.05, 0.1) is 25.0 Å². The second-order valence-electron chi connectivity index (χ2n) is 5.77. The van der Waals surface area contributed by atoms with Gasteiger partial charge >= 0.3 is 12.1 Å². The highest BCUT2D eigenvalue weighted by molar-refractivity contribution is 6.34. The average molecular weight is 418 g/mol. The number of benzene rings is 1. The van der Waals surface area contributed by atoms with Crippen LogP contribution in [0.3, 0.4) is 0 Å². The Hall–Kier alpha value is -2.09. The molecular weight excluding hydrogens is 406 g/mol. The minimum Gasteiger partial charge on any atom is -0.465 e. The van der Waals surface area contributed by atoms with Gasteiger partial charge in [0.1, 0.15) is 0 Å². The SMILES string of the molecule is COC(=O)c1ccc(C2=CC(c3cc(Cl)cc(Cl)c3)(C(F)(F)F)OC2)nc1. The Balaban J connectivity index is 2.05. The lowest BCUT2D eigenvalue weighted by Gasteiger charge is -2.30. The summed E-state index contributed by atoms with van der Waals surface area (Å²) in [5, 5.41) is 0.124. The molecule has 0 amide bonds. The van der Waals surface area contributed by atoms with Gasteiger partial charge in [0.15, 0.2) is 0 Å². The summed E-state index contributed by atoms with van der Waals surface area (Å²) in [7, 11) is 1.22. The number of nitrogens with zero attached hydrogens (tertiary/aromatic N) is 1. The van der Waals surface area contributed by atoms with Crippen molar-refractivity contribution in [3.63, 3.8) is 0 Å². The minimum atomic E-state index is -4.76. The van der Waals surface area contributed by atoms with Gasteiger partial charge in [-0.3, -0.25) is 4.98 Å². The van der Waals surface area contributed by atoms with E-state index < -0.39 is 17.7 Å². The monoisotopic (exact) mass is 417 g/mol. The van der Waals surface area contributed by atoms with Crippen molar-refractivity contribution in [2.45, 2.75) is 11.8 Å². The topological polar surface area (TPSA) is 48.4 Å². The molecule has 1 aliphatic heterocycles. The largest absolute Gasteiger partial charge is 0.465 e. The Morgan fingerprint density at radius 1 is 1.22 bits per heavy atom. The number of alkyl halides is 3. The van der Waals surface area contributed by atoms with Gasteiger partial charge in [0.2, 0.25) is 5.60 Å². The molecule has 0 radical (unpaired) electrons. The number of hydrogen-bond donors (Lipinski definition) is 0. The third-order valence-corrected chi connectivity index (χ3v) is 4.50. The van der Waals surface area contributed by atoms with E-state index in [1.165, 1.54) is 31.5 Å². The van der Waals surface area contributed by atoms with Gasteiger partial charge in [-0.15, -0.1) is 0 Å². The van der Waals surface area contributed by atoms with Crippen LogP contribution >= 0.6 is 23.2 Å². The molecular formula is C18H12Cl2F3NO3. The summed E-state index contributed by atoms with van der Waals surface area (Å²) in [5.74, 6) is -0.594. The normalized spacial score (nSPS) is 19.7. The summed E-state index contributed by atoms with van der Waals surface area (Å²) < 4.78 is 51.6. The Bertz CT molecular complexity index is 893. The van der Waals surface area contributed by atoms with Crippen LogP contribution in [0, 0.1) is 0 Å². The number of ether oxygens (including phenoxy) is 2. The fraction of sp³-hybridized carbons (Fsp3) is 0.222. The van der Waals surface area contributed by atoms with Gasteiger partial charge in [-0.1, -0.05) is 23.2 Å². The zero-order valence-electron chi connectivity index (χ0n) is 13.8. The fourth-order valence-corrected chi connectivity index (χ4v) is 3.28. The quantitative estimate of drug-likeness (QED) is 0.655. The molecule has 0 spiro atoms. The molecule has 1 atom stereocenters. The minimum absolute atomic E-state index is 0.0622. The number of esters is 1. The number of carbonyl (C=O) groups excluding carboxylic acids is 1. The lowest BCUT2D eigenvalue weighted by molar-refractivity contribution is -0.254. The van der Waals surface area contributed by atoms with Gasteiger partial charge < -0.3 is 9.47 Å². The van der Waals surface area contributed by atoms with E-state index in [0.29, 0.717) is 0 Å². The van der Waals surface area contributed by atoms with Crippen molar-refractivity contribution in [1.82, 2.24) is 4.98 Å². The Morgan fingerprint density at radius 2 is 1.89 bits per heavy atom. The van der Waals surface area contributed by atoms with Gasteiger partial charge in [0.25, 0.3) is 0 Å². The summed E-state index contributed by atoms with van der Waals surface area (Å²) >= 11 is 11.7. The second-order valence-corrected chi connectivity index (χ2v) is 6.65. The van der Waals surface area contributed by atoms with Gasteiger partial charge in [-0.25, -0.2) is 4.79 Å². The highest BCUT2D eigenvalue weighted by atomic mass is 35.5. The molecule has 2 aromatic rings. The van der Waals surface area contributed by atoms with E-state index in [1.54, 1.807) is 0 Å². The van der Waals surface area contributed by atoms with E-state index in [1.807, 2.05) is 0 Å². The third kappa shape index (κ3) is 3.67. The van der Waals surface area contributed by atoms with Crippen molar-refractivity contribution in [1.29, 1.82) is 0 Å². The molecule has 4 nitrogen and oxygen atoms in total. The van der Waals surface area contributed by atoms with Crippen LogP contribution in [0.4, 0.5) is 13.2 Å². The molecule has 0 saturated carbocycles. The Labute approximate surface area is 162 Å². The predicted molar refractivity (Wildman–Crippen MR) is 93.7 cm³/mol. The predicted octanol–water partition coefficient (Wildman–Crippen LogP) is 5.05. The molecule has 1 aromatic carbocycles. The van der Waals surface area contributed by atoms with Crippen molar-refractivity contribution in [3.05, 3.63) is 69.5 Å². The van der Waals surface area contributed by atoms with Crippen molar-refractivity contribution in [2.75, 3.05) is 13.7 Å².